The second-order valence-electron chi connectivity index (χ2n) is 8.01. The summed E-state index contributed by atoms with van der Waals surface area (Å²) in [6, 6.07) is 17.0. The van der Waals surface area contributed by atoms with Gasteiger partial charge in [0.2, 0.25) is 0 Å². The summed E-state index contributed by atoms with van der Waals surface area (Å²) in [4.78, 5) is 23.8. The molecule has 1 amide bonds. The van der Waals surface area contributed by atoms with E-state index < -0.39 is 26.9 Å². The summed E-state index contributed by atoms with van der Waals surface area (Å²) in [5, 5.41) is 11.0. The number of sulfonamides is 1. The predicted molar refractivity (Wildman–Crippen MR) is 125 cm³/mol. The van der Waals surface area contributed by atoms with Gasteiger partial charge in [0.1, 0.15) is 0 Å². The number of fused-ring (bicyclic) bond motifs is 1. The first kappa shape index (κ1) is 22.4. The largest absolute Gasteiger partial charge is 0.269 e. The third-order valence-corrected chi connectivity index (χ3v) is 7.44. The van der Waals surface area contributed by atoms with Crippen LogP contribution in [-0.2, 0) is 16.4 Å². The topological polar surface area (TPSA) is 97.6 Å². The van der Waals surface area contributed by atoms with E-state index in [-0.39, 0.29) is 10.6 Å². The number of hydrogen-bond donors (Lipinski definition) is 0. The lowest BCUT2D eigenvalue weighted by molar-refractivity contribution is -0.384. The highest BCUT2D eigenvalue weighted by atomic mass is 32.2. The second kappa shape index (κ2) is 8.63. The van der Waals surface area contributed by atoms with Crippen LogP contribution < -0.4 is 0 Å². The zero-order valence-electron chi connectivity index (χ0n) is 18.1. The van der Waals surface area contributed by atoms with Crippen molar-refractivity contribution < 1.29 is 18.1 Å². The molecule has 33 heavy (non-hydrogen) atoms. The van der Waals surface area contributed by atoms with Crippen molar-refractivity contribution in [3.8, 4) is 0 Å². The summed E-state index contributed by atoms with van der Waals surface area (Å²) in [5.74, 6) is -0.602. The lowest BCUT2D eigenvalue weighted by Gasteiger charge is -2.35. The molecule has 0 saturated heterocycles. The van der Waals surface area contributed by atoms with Gasteiger partial charge in [0.05, 0.1) is 15.9 Å². The fourth-order valence-electron chi connectivity index (χ4n) is 4.16. The minimum atomic E-state index is -4.27. The van der Waals surface area contributed by atoms with E-state index in [1.807, 2.05) is 49.4 Å². The molecule has 8 heteroatoms. The van der Waals surface area contributed by atoms with E-state index in [4.69, 9.17) is 0 Å². The number of amides is 1. The maximum Gasteiger partial charge on any atom is 0.269 e. The first-order chi connectivity index (χ1) is 15.7. The standard InChI is InChI=1S/C25H22N2O5S/c1-17-14-18(2)24-20(15-17)16-22(9-8-19-6-4-3-5-7-19)26(25(24)28)33(31,32)23-12-10-21(11-13-23)27(29)30/h3-15,22H,16H2,1-2H3/b9-8+/t22-/m1/s1. The number of non-ortho nitro benzene ring substituents is 1. The molecule has 0 radical (unpaired) electrons. The fourth-order valence-corrected chi connectivity index (χ4v) is 5.68. The van der Waals surface area contributed by atoms with Gasteiger partial charge in [-0.15, -0.1) is 0 Å². The number of nitro benzene ring substituents is 1. The highest BCUT2D eigenvalue weighted by molar-refractivity contribution is 7.89. The molecule has 1 heterocycles. The van der Waals surface area contributed by atoms with Gasteiger partial charge in [0.25, 0.3) is 21.6 Å². The highest BCUT2D eigenvalue weighted by Crippen LogP contribution is 2.33. The van der Waals surface area contributed by atoms with E-state index in [2.05, 4.69) is 0 Å². The summed E-state index contributed by atoms with van der Waals surface area (Å²) in [7, 11) is -4.27. The third-order valence-electron chi connectivity index (χ3n) is 5.62. The normalized spacial score (nSPS) is 16.1. The maximum absolute atomic E-state index is 13.6. The second-order valence-corrected chi connectivity index (χ2v) is 9.83. The quantitative estimate of drug-likeness (QED) is 0.405. The summed E-state index contributed by atoms with van der Waals surface area (Å²) in [6.07, 6.45) is 3.85. The van der Waals surface area contributed by atoms with Gasteiger partial charge < -0.3 is 0 Å². The molecule has 1 aliphatic rings. The molecule has 0 unspecified atom stereocenters. The van der Waals surface area contributed by atoms with Crippen LogP contribution in [0.15, 0.2) is 77.7 Å². The smallest absolute Gasteiger partial charge is 0.268 e. The SMILES string of the molecule is Cc1cc(C)c2c(c1)C[C@@H](/C=C/c1ccccc1)N(S(=O)(=O)c1ccc([N+](=O)[O-])cc1)C2=O. The van der Waals surface area contributed by atoms with Gasteiger partial charge in [-0.05, 0) is 49.1 Å². The van der Waals surface area contributed by atoms with Crippen LogP contribution in [0.3, 0.4) is 0 Å². The molecule has 1 aliphatic heterocycles. The number of carbonyl (C=O) groups is 1. The average Bonchev–Trinajstić information content (AvgIpc) is 2.77. The minimum Gasteiger partial charge on any atom is -0.268 e. The molecule has 4 rings (SSSR count). The Morgan fingerprint density at radius 2 is 1.70 bits per heavy atom. The Bertz CT molecular complexity index is 1360. The van der Waals surface area contributed by atoms with Gasteiger partial charge >= 0.3 is 0 Å². The Balaban J connectivity index is 1.82. The van der Waals surface area contributed by atoms with Gasteiger partial charge in [-0.3, -0.25) is 14.9 Å². The first-order valence-corrected chi connectivity index (χ1v) is 11.8. The number of nitro groups is 1. The van der Waals surface area contributed by atoms with Crippen molar-refractivity contribution in [2.45, 2.75) is 31.2 Å². The van der Waals surface area contributed by atoms with E-state index >= 15 is 0 Å². The monoisotopic (exact) mass is 462 g/mol. The summed E-state index contributed by atoms with van der Waals surface area (Å²) < 4.78 is 28.1. The Hall–Kier alpha value is -3.78. The molecular formula is C25H22N2O5S. The van der Waals surface area contributed by atoms with Crippen LogP contribution in [0, 0.1) is 24.0 Å². The molecule has 3 aromatic rings. The Morgan fingerprint density at radius 3 is 2.33 bits per heavy atom. The molecule has 0 saturated carbocycles. The molecule has 7 nitrogen and oxygen atoms in total. The molecule has 0 spiro atoms. The Labute approximate surface area is 192 Å². The zero-order chi connectivity index (χ0) is 23.8. The van der Waals surface area contributed by atoms with E-state index in [0.717, 1.165) is 45.3 Å². The van der Waals surface area contributed by atoms with Crippen molar-refractivity contribution >= 4 is 27.7 Å². The summed E-state index contributed by atoms with van der Waals surface area (Å²) in [5.41, 5.74) is 3.55. The van der Waals surface area contributed by atoms with Crippen LogP contribution in [0.4, 0.5) is 5.69 Å². The van der Waals surface area contributed by atoms with Crippen molar-refractivity contribution in [3.05, 3.63) is 111 Å². The van der Waals surface area contributed by atoms with Crippen molar-refractivity contribution in [1.82, 2.24) is 4.31 Å². The van der Waals surface area contributed by atoms with E-state index in [0.29, 0.717) is 17.5 Å². The lowest BCUT2D eigenvalue weighted by Crippen LogP contribution is -2.48. The molecule has 0 bridgehead atoms. The summed E-state index contributed by atoms with van der Waals surface area (Å²) in [6.45, 7) is 3.73. The van der Waals surface area contributed by atoms with Crippen LogP contribution in [-0.4, -0.2) is 29.6 Å². The number of benzene rings is 3. The number of hydrogen-bond acceptors (Lipinski definition) is 5. The van der Waals surface area contributed by atoms with Crippen molar-refractivity contribution in [2.24, 2.45) is 0 Å². The molecule has 0 aromatic heterocycles. The molecule has 168 valence electrons. The van der Waals surface area contributed by atoms with Gasteiger partial charge in [0, 0.05) is 17.7 Å². The minimum absolute atomic E-state index is 0.173. The van der Waals surface area contributed by atoms with Gasteiger partial charge in [-0.2, -0.15) is 0 Å². The molecular weight excluding hydrogens is 440 g/mol. The van der Waals surface area contributed by atoms with E-state index in [9.17, 15) is 23.3 Å². The number of carbonyl (C=O) groups excluding carboxylic acids is 1. The van der Waals surface area contributed by atoms with Gasteiger partial charge in [0.15, 0.2) is 0 Å². The highest BCUT2D eigenvalue weighted by Gasteiger charge is 2.40. The number of rotatable bonds is 5. The van der Waals surface area contributed by atoms with Gasteiger partial charge in [-0.25, -0.2) is 12.7 Å². The maximum atomic E-state index is 13.6. The van der Waals surface area contributed by atoms with Crippen molar-refractivity contribution in [1.29, 1.82) is 0 Å². The van der Waals surface area contributed by atoms with Crippen LogP contribution >= 0.6 is 0 Å². The predicted octanol–water partition coefficient (Wildman–Crippen LogP) is 4.68. The summed E-state index contributed by atoms with van der Waals surface area (Å²) >= 11 is 0. The average molecular weight is 463 g/mol. The van der Waals surface area contributed by atoms with Crippen molar-refractivity contribution in [2.75, 3.05) is 0 Å². The first-order valence-electron chi connectivity index (χ1n) is 10.3. The molecule has 1 atom stereocenters. The van der Waals surface area contributed by atoms with Crippen LogP contribution in [0.25, 0.3) is 6.08 Å². The van der Waals surface area contributed by atoms with Crippen molar-refractivity contribution in [3.63, 3.8) is 0 Å². The Morgan fingerprint density at radius 1 is 1.03 bits per heavy atom. The molecule has 3 aromatic carbocycles. The molecule has 0 N–H and O–H groups in total. The lowest BCUT2D eigenvalue weighted by atomic mass is 9.90. The van der Waals surface area contributed by atoms with Gasteiger partial charge in [-0.1, -0.05) is 60.2 Å². The van der Waals surface area contributed by atoms with Crippen LogP contribution in [0.5, 0.6) is 0 Å². The van der Waals surface area contributed by atoms with E-state index in [1.165, 1.54) is 0 Å². The number of aryl methyl sites for hydroxylation is 2. The Kier molecular flexibility index (Phi) is 5.86. The molecule has 0 fully saturated rings. The van der Waals surface area contributed by atoms with Crippen LogP contribution in [0.1, 0.15) is 32.6 Å². The molecule has 0 aliphatic carbocycles. The number of nitrogens with zero attached hydrogens (tertiary/aromatic N) is 2. The zero-order valence-corrected chi connectivity index (χ0v) is 19.0. The van der Waals surface area contributed by atoms with Crippen LogP contribution in [0.2, 0.25) is 0 Å². The van der Waals surface area contributed by atoms with E-state index in [1.54, 1.807) is 19.1 Å². The fraction of sp³-hybridized carbons (Fsp3) is 0.160. The third kappa shape index (κ3) is 4.29.